The lowest BCUT2D eigenvalue weighted by molar-refractivity contribution is -0.125. The first-order valence-electron chi connectivity index (χ1n) is 6.32. The lowest BCUT2D eigenvalue weighted by Gasteiger charge is -2.20. The molecule has 0 saturated heterocycles. The van der Waals surface area contributed by atoms with Crippen molar-refractivity contribution in [1.29, 1.82) is 0 Å². The monoisotopic (exact) mass is 243 g/mol. The van der Waals surface area contributed by atoms with Crippen LogP contribution in [0.2, 0.25) is 0 Å². The van der Waals surface area contributed by atoms with Crippen LogP contribution in [-0.4, -0.2) is 25.0 Å². The summed E-state index contributed by atoms with van der Waals surface area (Å²) in [6, 6.07) is 0. The van der Waals surface area contributed by atoms with Gasteiger partial charge in [0.25, 0.3) is 0 Å². The Labute approximate surface area is 104 Å². The van der Waals surface area contributed by atoms with Crippen LogP contribution in [-0.2, 0) is 9.53 Å². The van der Waals surface area contributed by atoms with Crippen LogP contribution >= 0.6 is 0 Å². The SMILES string of the molecule is CCCOC(=O)NCCCCC(C)(C)C(C)=O. The van der Waals surface area contributed by atoms with Crippen molar-refractivity contribution in [2.24, 2.45) is 5.41 Å². The maximum Gasteiger partial charge on any atom is 0.407 e. The van der Waals surface area contributed by atoms with E-state index >= 15 is 0 Å². The Hall–Kier alpha value is -1.06. The van der Waals surface area contributed by atoms with E-state index < -0.39 is 0 Å². The van der Waals surface area contributed by atoms with Gasteiger partial charge >= 0.3 is 6.09 Å². The van der Waals surface area contributed by atoms with Gasteiger partial charge in [0.05, 0.1) is 6.61 Å². The molecule has 1 N–H and O–H groups in total. The van der Waals surface area contributed by atoms with Gasteiger partial charge < -0.3 is 10.1 Å². The van der Waals surface area contributed by atoms with E-state index in [4.69, 9.17) is 4.74 Å². The van der Waals surface area contributed by atoms with Crippen LogP contribution in [0, 0.1) is 5.41 Å². The number of unbranched alkanes of at least 4 members (excludes halogenated alkanes) is 1. The summed E-state index contributed by atoms with van der Waals surface area (Å²) < 4.78 is 4.87. The Morgan fingerprint density at radius 2 is 1.88 bits per heavy atom. The number of nitrogens with one attached hydrogen (secondary N) is 1. The number of ether oxygens (including phenoxy) is 1. The molecule has 0 fully saturated rings. The van der Waals surface area contributed by atoms with Crippen molar-refractivity contribution in [2.45, 2.75) is 53.4 Å². The summed E-state index contributed by atoms with van der Waals surface area (Å²) >= 11 is 0. The summed E-state index contributed by atoms with van der Waals surface area (Å²) in [5.74, 6) is 0.216. The predicted molar refractivity (Wildman–Crippen MR) is 68.0 cm³/mol. The first-order valence-corrected chi connectivity index (χ1v) is 6.32. The van der Waals surface area contributed by atoms with Gasteiger partial charge in [-0.05, 0) is 26.2 Å². The molecule has 0 aliphatic rings. The van der Waals surface area contributed by atoms with E-state index in [2.05, 4.69) is 5.32 Å². The maximum absolute atomic E-state index is 11.3. The Balaban J connectivity index is 3.53. The minimum Gasteiger partial charge on any atom is -0.450 e. The molecule has 4 heteroatoms. The van der Waals surface area contributed by atoms with Gasteiger partial charge in [-0.3, -0.25) is 4.79 Å². The molecule has 0 aromatic heterocycles. The number of carbonyl (C=O) groups is 2. The van der Waals surface area contributed by atoms with Gasteiger partial charge in [0.15, 0.2) is 0 Å². The quantitative estimate of drug-likeness (QED) is 0.667. The van der Waals surface area contributed by atoms with Crippen LogP contribution in [0.5, 0.6) is 0 Å². The third-order valence-corrected chi connectivity index (χ3v) is 2.89. The molecule has 0 heterocycles. The second kappa shape index (κ2) is 8.09. The van der Waals surface area contributed by atoms with Gasteiger partial charge in [0, 0.05) is 12.0 Å². The van der Waals surface area contributed by atoms with Crippen LogP contribution in [0.4, 0.5) is 4.79 Å². The van der Waals surface area contributed by atoms with Gasteiger partial charge in [-0.2, -0.15) is 0 Å². The summed E-state index contributed by atoms with van der Waals surface area (Å²) in [6.07, 6.45) is 3.14. The summed E-state index contributed by atoms with van der Waals surface area (Å²) in [7, 11) is 0. The molecule has 0 aliphatic carbocycles. The van der Waals surface area contributed by atoms with Gasteiger partial charge in [0.1, 0.15) is 5.78 Å². The van der Waals surface area contributed by atoms with E-state index in [1.54, 1.807) is 6.92 Å². The van der Waals surface area contributed by atoms with E-state index in [-0.39, 0.29) is 17.3 Å². The number of ketones is 1. The van der Waals surface area contributed by atoms with E-state index in [1.165, 1.54) is 0 Å². The molecule has 0 radical (unpaired) electrons. The highest BCUT2D eigenvalue weighted by Gasteiger charge is 2.22. The largest absolute Gasteiger partial charge is 0.450 e. The Morgan fingerprint density at radius 3 is 2.41 bits per heavy atom. The van der Waals surface area contributed by atoms with E-state index in [0.29, 0.717) is 13.2 Å². The molecule has 0 rings (SSSR count). The van der Waals surface area contributed by atoms with Crippen LogP contribution in [0.1, 0.15) is 53.4 Å². The molecule has 17 heavy (non-hydrogen) atoms. The molecular weight excluding hydrogens is 218 g/mol. The lowest BCUT2D eigenvalue weighted by atomic mass is 9.83. The molecule has 4 nitrogen and oxygen atoms in total. The van der Waals surface area contributed by atoms with E-state index in [0.717, 1.165) is 25.7 Å². The zero-order valence-electron chi connectivity index (χ0n) is 11.5. The minimum absolute atomic E-state index is 0.216. The highest BCUT2D eigenvalue weighted by atomic mass is 16.5. The van der Waals surface area contributed by atoms with Crippen molar-refractivity contribution in [3.8, 4) is 0 Å². The Bertz CT molecular complexity index is 249. The number of alkyl carbamates (subject to hydrolysis) is 1. The number of hydrogen-bond acceptors (Lipinski definition) is 3. The fourth-order valence-corrected chi connectivity index (χ4v) is 1.30. The standard InChI is InChI=1S/C13H25NO3/c1-5-10-17-12(16)14-9-7-6-8-13(3,4)11(2)15/h5-10H2,1-4H3,(H,14,16). The predicted octanol–water partition coefficient (Wildman–Crippen LogP) is 2.91. The van der Waals surface area contributed by atoms with Crippen molar-refractivity contribution < 1.29 is 14.3 Å². The minimum atomic E-state index is -0.349. The highest BCUT2D eigenvalue weighted by molar-refractivity contribution is 5.81. The molecular formula is C13H25NO3. The fraction of sp³-hybridized carbons (Fsp3) is 0.846. The van der Waals surface area contributed by atoms with Crippen LogP contribution in [0.3, 0.4) is 0 Å². The average Bonchev–Trinajstić information content (AvgIpc) is 2.25. The van der Waals surface area contributed by atoms with E-state index in [1.807, 2.05) is 20.8 Å². The average molecular weight is 243 g/mol. The number of hydrogen-bond donors (Lipinski definition) is 1. The van der Waals surface area contributed by atoms with Crippen molar-refractivity contribution in [2.75, 3.05) is 13.2 Å². The van der Waals surface area contributed by atoms with Crippen molar-refractivity contribution in [1.82, 2.24) is 5.32 Å². The van der Waals surface area contributed by atoms with Gasteiger partial charge in [-0.1, -0.05) is 27.2 Å². The molecule has 100 valence electrons. The second-order valence-corrected chi connectivity index (χ2v) is 4.96. The lowest BCUT2D eigenvalue weighted by Crippen LogP contribution is -2.26. The van der Waals surface area contributed by atoms with Gasteiger partial charge in [-0.25, -0.2) is 4.79 Å². The van der Waals surface area contributed by atoms with Gasteiger partial charge in [-0.15, -0.1) is 0 Å². The molecule has 0 aromatic rings. The molecule has 0 atom stereocenters. The number of amides is 1. The molecule has 0 spiro atoms. The first kappa shape index (κ1) is 15.9. The molecule has 1 amide bonds. The molecule has 0 saturated carbocycles. The third kappa shape index (κ3) is 7.77. The summed E-state index contributed by atoms with van der Waals surface area (Å²) in [4.78, 5) is 22.3. The highest BCUT2D eigenvalue weighted by Crippen LogP contribution is 2.23. The molecule has 0 aliphatic heterocycles. The normalized spacial score (nSPS) is 11.1. The third-order valence-electron chi connectivity index (χ3n) is 2.89. The Kier molecular flexibility index (Phi) is 7.59. The van der Waals surface area contributed by atoms with Crippen molar-refractivity contribution in [3.63, 3.8) is 0 Å². The Morgan fingerprint density at radius 1 is 1.24 bits per heavy atom. The fourth-order valence-electron chi connectivity index (χ4n) is 1.30. The van der Waals surface area contributed by atoms with Crippen molar-refractivity contribution in [3.05, 3.63) is 0 Å². The zero-order valence-corrected chi connectivity index (χ0v) is 11.5. The van der Waals surface area contributed by atoms with E-state index in [9.17, 15) is 9.59 Å². The van der Waals surface area contributed by atoms with Gasteiger partial charge in [0.2, 0.25) is 0 Å². The first-order chi connectivity index (χ1) is 7.90. The number of carbonyl (C=O) groups excluding carboxylic acids is 2. The number of Topliss-reactive ketones (excluding diaryl/α,β-unsaturated/α-hetero) is 1. The van der Waals surface area contributed by atoms with Crippen LogP contribution in [0.15, 0.2) is 0 Å². The van der Waals surface area contributed by atoms with Crippen LogP contribution < -0.4 is 5.32 Å². The maximum atomic E-state index is 11.3. The summed E-state index contributed by atoms with van der Waals surface area (Å²) in [5, 5.41) is 2.69. The summed E-state index contributed by atoms with van der Waals surface area (Å²) in [5.41, 5.74) is -0.247. The topological polar surface area (TPSA) is 55.4 Å². The van der Waals surface area contributed by atoms with Crippen molar-refractivity contribution >= 4 is 11.9 Å². The zero-order chi connectivity index (χ0) is 13.3. The summed E-state index contributed by atoms with van der Waals surface area (Å²) in [6.45, 7) is 8.56. The molecule has 0 aromatic carbocycles. The molecule has 0 bridgehead atoms. The smallest absolute Gasteiger partial charge is 0.407 e. The second-order valence-electron chi connectivity index (χ2n) is 4.96. The number of rotatable bonds is 8. The molecule has 0 unspecified atom stereocenters. The van der Waals surface area contributed by atoms with Crippen LogP contribution in [0.25, 0.3) is 0 Å².